The van der Waals surface area contributed by atoms with Crippen LogP contribution in [0.15, 0.2) is 48.5 Å². The van der Waals surface area contributed by atoms with Crippen LogP contribution in [0.5, 0.6) is 0 Å². The summed E-state index contributed by atoms with van der Waals surface area (Å²) in [5.74, 6) is 0.804. The Morgan fingerprint density at radius 3 is 2.79 bits per heavy atom. The van der Waals surface area contributed by atoms with E-state index in [0.717, 1.165) is 43.2 Å². The highest BCUT2D eigenvalue weighted by Gasteiger charge is 2.42. The smallest absolute Gasteiger partial charge is 0.251 e. The number of aryl methyl sites for hydroxylation is 1. The molecular formula is C24H28N2O2. The lowest BCUT2D eigenvalue weighted by Crippen LogP contribution is -2.47. The van der Waals surface area contributed by atoms with Crippen molar-refractivity contribution in [2.24, 2.45) is 5.92 Å². The Kier molecular flexibility index (Phi) is 4.69. The average molecular weight is 377 g/mol. The molecule has 2 aliphatic heterocycles. The molecule has 1 saturated carbocycles. The molecule has 1 N–H and O–H groups in total. The maximum atomic E-state index is 12.9. The second-order valence-electron chi connectivity index (χ2n) is 8.62. The van der Waals surface area contributed by atoms with Gasteiger partial charge >= 0.3 is 0 Å². The van der Waals surface area contributed by atoms with Gasteiger partial charge in [-0.1, -0.05) is 36.4 Å². The number of carbonyl (C=O) groups excluding carboxylic acids is 1. The molecular weight excluding hydrogens is 348 g/mol. The summed E-state index contributed by atoms with van der Waals surface area (Å²) in [7, 11) is 0. The summed E-state index contributed by atoms with van der Waals surface area (Å²) in [4.78, 5) is 15.4. The summed E-state index contributed by atoms with van der Waals surface area (Å²) in [6, 6.07) is 16.9. The Balaban J connectivity index is 1.25. The summed E-state index contributed by atoms with van der Waals surface area (Å²) in [5.41, 5.74) is 4.23. The second-order valence-corrected chi connectivity index (χ2v) is 8.62. The van der Waals surface area contributed by atoms with Crippen LogP contribution < -0.4 is 5.32 Å². The predicted molar refractivity (Wildman–Crippen MR) is 110 cm³/mol. The molecule has 3 atom stereocenters. The Morgan fingerprint density at radius 2 is 1.96 bits per heavy atom. The molecule has 0 aromatic heterocycles. The maximum Gasteiger partial charge on any atom is 0.251 e. The molecule has 2 aromatic rings. The van der Waals surface area contributed by atoms with Gasteiger partial charge in [0.15, 0.2) is 0 Å². The number of fused-ring (bicyclic) bond motifs is 1. The van der Waals surface area contributed by atoms with E-state index in [2.05, 4.69) is 35.3 Å². The topological polar surface area (TPSA) is 41.6 Å². The van der Waals surface area contributed by atoms with Crippen molar-refractivity contribution >= 4 is 5.91 Å². The van der Waals surface area contributed by atoms with E-state index in [9.17, 15) is 4.79 Å². The molecule has 3 fully saturated rings. The Bertz CT molecular complexity index is 876. The zero-order valence-electron chi connectivity index (χ0n) is 16.4. The third-order valence-electron chi connectivity index (χ3n) is 6.51. The zero-order valence-corrected chi connectivity index (χ0v) is 16.4. The largest absolute Gasteiger partial charge is 0.375 e. The molecule has 2 saturated heterocycles. The molecule has 4 nitrogen and oxygen atoms in total. The first-order chi connectivity index (χ1) is 13.7. The number of rotatable bonds is 4. The van der Waals surface area contributed by atoms with Gasteiger partial charge < -0.3 is 10.1 Å². The van der Waals surface area contributed by atoms with Crippen molar-refractivity contribution in [2.45, 2.75) is 44.4 Å². The van der Waals surface area contributed by atoms with Gasteiger partial charge in [-0.05, 0) is 60.9 Å². The summed E-state index contributed by atoms with van der Waals surface area (Å²) >= 11 is 0. The Hall–Kier alpha value is -2.17. The van der Waals surface area contributed by atoms with Gasteiger partial charge in [0, 0.05) is 30.7 Å². The number of nitrogens with zero attached hydrogens (tertiary/aromatic N) is 1. The van der Waals surface area contributed by atoms with E-state index in [1.807, 2.05) is 30.3 Å². The fourth-order valence-corrected chi connectivity index (χ4v) is 4.75. The van der Waals surface area contributed by atoms with Crippen molar-refractivity contribution in [1.82, 2.24) is 10.2 Å². The number of nitrogens with one attached hydrogen (secondary N) is 1. The molecule has 5 rings (SSSR count). The van der Waals surface area contributed by atoms with E-state index in [-0.39, 0.29) is 11.9 Å². The van der Waals surface area contributed by atoms with Gasteiger partial charge in [0.1, 0.15) is 0 Å². The van der Waals surface area contributed by atoms with Crippen LogP contribution in [-0.4, -0.2) is 48.7 Å². The fraction of sp³-hybridized carbons (Fsp3) is 0.458. The average Bonchev–Trinajstić information content (AvgIpc) is 3.48. The normalized spacial score (nSPS) is 27.4. The van der Waals surface area contributed by atoms with Crippen LogP contribution >= 0.6 is 0 Å². The van der Waals surface area contributed by atoms with Gasteiger partial charge in [0.05, 0.1) is 12.7 Å². The van der Waals surface area contributed by atoms with Crippen molar-refractivity contribution in [3.63, 3.8) is 0 Å². The van der Waals surface area contributed by atoms with Gasteiger partial charge in [0.25, 0.3) is 5.91 Å². The highest BCUT2D eigenvalue weighted by atomic mass is 16.5. The van der Waals surface area contributed by atoms with E-state index < -0.39 is 0 Å². The Labute approximate surface area is 166 Å². The van der Waals surface area contributed by atoms with Crippen LogP contribution in [0.25, 0.3) is 11.1 Å². The number of amides is 1. The number of morpholine rings is 1. The summed E-state index contributed by atoms with van der Waals surface area (Å²) in [6.45, 7) is 4.90. The molecule has 4 heteroatoms. The molecule has 0 unspecified atom stereocenters. The van der Waals surface area contributed by atoms with E-state index >= 15 is 0 Å². The van der Waals surface area contributed by atoms with E-state index in [1.54, 1.807) is 0 Å². The Morgan fingerprint density at radius 1 is 1.11 bits per heavy atom. The quantitative estimate of drug-likeness (QED) is 0.886. The lowest BCUT2D eigenvalue weighted by Gasteiger charge is -2.35. The van der Waals surface area contributed by atoms with Gasteiger partial charge in [-0.15, -0.1) is 0 Å². The van der Waals surface area contributed by atoms with Crippen LogP contribution in [0, 0.1) is 12.8 Å². The molecule has 1 amide bonds. The van der Waals surface area contributed by atoms with Crippen molar-refractivity contribution in [2.75, 3.05) is 19.7 Å². The minimum atomic E-state index is 0.0277. The number of hydrogen-bond acceptors (Lipinski definition) is 3. The molecule has 3 aliphatic rings. The third kappa shape index (κ3) is 3.59. The first-order valence-electron chi connectivity index (χ1n) is 10.5. The first kappa shape index (κ1) is 17.9. The zero-order chi connectivity index (χ0) is 19.1. The number of carbonyl (C=O) groups is 1. The minimum absolute atomic E-state index is 0.0277. The number of hydrogen-bond donors (Lipinski definition) is 1. The second kappa shape index (κ2) is 7.34. The van der Waals surface area contributed by atoms with E-state index in [4.69, 9.17) is 4.74 Å². The molecule has 28 heavy (non-hydrogen) atoms. The van der Waals surface area contributed by atoms with Gasteiger partial charge in [-0.2, -0.15) is 0 Å². The van der Waals surface area contributed by atoms with Crippen molar-refractivity contribution in [3.05, 3.63) is 59.7 Å². The van der Waals surface area contributed by atoms with E-state index in [1.165, 1.54) is 24.0 Å². The van der Waals surface area contributed by atoms with Crippen molar-refractivity contribution in [1.29, 1.82) is 0 Å². The maximum absolute atomic E-state index is 12.9. The van der Waals surface area contributed by atoms with E-state index in [0.29, 0.717) is 12.1 Å². The molecule has 146 valence electrons. The van der Waals surface area contributed by atoms with Gasteiger partial charge in [-0.25, -0.2) is 0 Å². The molecule has 0 radical (unpaired) electrons. The SMILES string of the molecule is Cc1ccccc1-c1cccc(C(=O)N[C@@H]2C[C@H]3CO[C@@H](C4CC4)CN3C2)c1. The summed E-state index contributed by atoms with van der Waals surface area (Å²) in [6.07, 6.45) is 4.04. The minimum Gasteiger partial charge on any atom is -0.375 e. The standard InChI is InChI=1S/C24H28N2O2/c1-16-5-2-3-8-22(16)18-6-4-7-19(11-18)24(27)25-20-12-21-15-28-23(17-9-10-17)14-26(21)13-20/h2-8,11,17,20-21,23H,9-10,12-15H2,1H3,(H,25,27)/t20-,21+,23-/m1/s1. The van der Waals surface area contributed by atoms with Gasteiger partial charge in [-0.3, -0.25) is 9.69 Å². The molecule has 0 bridgehead atoms. The lowest BCUT2D eigenvalue weighted by atomic mass is 9.98. The van der Waals surface area contributed by atoms with Crippen molar-refractivity contribution in [3.8, 4) is 11.1 Å². The number of ether oxygens (including phenoxy) is 1. The summed E-state index contributed by atoms with van der Waals surface area (Å²) < 4.78 is 6.08. The van der Waals surface area contributed by atoms with Crippen LogP contribution in [0.4, 0.5) is 0 Å². The highest BCUT2D eigenvalue weighted by molar-refractivity contribution is 5.95. The van der Waals surface area contributed by atoms with Crippen LogP contribution in [0.2, 0.25) is 0 Å². The molecule has 2 aromatic carbocycles. The molecule has 2 heterocycles. The fourth-order valence-electron chi connectivity index (χ4n) is 4.75. The monoisotopic (exact) mass is 376 g/mol. The van der Waals surface area contributed by atoms with Gasteiger partial charge in [0.2, 0.25) is 0 Å². The third-order valence-corrected chi connectivity index (χ3v) is 6.51. The molecule has 0 spiro atoms. The van der Waals surface area contributed by atoms with Crippen LogP contribution in [-0.2, 0) is 4.74 Å². The lowest BCUT2D eigenvalue weighted by molar-refractivity contribution is -0.0581. The van der Waals surface area contributed by atoms with Crippen LogP contribution in [0.3, 0.4) is 0 Å². The molecule has 1 aliphatic carbocycles. The summed E-state index contributed by atoms with van der Waals surface area (Å²) in [5, 5.41) is 3.27. The van der Waals surface area contributed by atoms with Crippen LogP contribution in [0.1, 0.15) is 35.2 Å². The number of benzene rings is 2. The highest BCUT2D eigenvalue weighted by Crippen LogP contribution is 2.38. The first-order valence-corrected chi connectivity index (χ1v) is 10.5. The predicted octanol–water partition coefficient (Wildman–Crippen LogP) is 3.64. The van der Waals surface area contributed by atoms with Crippen molar-refractivity contribution < 1.29 is 9.53 Å².